The lowest BCUT2D eigenvalue weighted by Gasteiger charge is -2.40. The van der Waals surface area contributed by atoms with Gasteiger partial charge in [0.25, 0.3) is 0 Å². The Bertz CT molecular complexity index is 335. The molecule has 0 saturated carbocycles. The maximum absolute atomic E-state index is 4.44. The average Bonchev–Trinajstić information content (AvgIpc) is 2.31. The van der Waals surface area contributed by atoms with E-state index < -0.39 is 0 Å². The molecule has 0 amide bonds. The summed E-state index contributed by atoms with van der Waals surface area (Å²) in [5.74, 6) is 0. The second-order valence-corrected chi connectivity index (χ2v) is 5.41. The predicted molar refractivity (Wildman–Crippen MR) is 70.8 cm³/mol. The summed E-state index contributed by atoms with van der Waals surface area (Å²) < 4.78 is 0. The monoisotopic (exact) mass is 233 g/mol. The first-order valence-electron chi connectivity index (χ1n) is 6.54. The molecular weight excluding hydrogens is 210 g/mol. The van der Waals surface area contributed by atoms with Crippen LogP contribution < -0.4 is 5.32 Å². The molecule has 1 N–H and O–H groups in total. The molecule has 0 aliphatic carbocycles. The standard InChI is InChI=1S/C14H23N3/c1-14(2)7-10-15-8-5-11-17(14)12-13-6-3-4-9-16-13/h3-4,6,9,15H,5,7-8,10-12H2,1-2H3. The van der Waals surface area contributed by atoms with Crippen molar-refractivity contribution < 1.29 is 0 Å². The predicted octanol–water partition coefficient (Wildman–Crippen LogP) is 2.05. The summed E-state index contributed by atoms with van der Waals surface area (Å²) in [4.78, 5) is 7.00. The van der Waals surface area contributed by atoms with Crippen molar-refractivity contribution in [1.82, 2.24) is 15.2 Å². The molecule has 94 valence electrons. The van der Waals surface area contributed by atoms with Gasteiger partial charge in [-0.3, -0.25) is 9.88 Å². The lowest BCUT2D eigenvalue weighted by molar-refractivity contribution is 0.0911. The molecule has 1 aliphatic heterocycles. The molecule has 1 aliphatic rings. The van der Waals surface area contributed by atoms with Crippen LogP contribution in [0, 0.1) is 0 Å². The van der Waals surface area contributed by atoms with Gasteiger partial charge >= 0.3 is 0 Å². The van der Waals surface area contributed by atoms with Crippen molar-refractivity contribution in [3.63, 3.8) is 0 Å². The van der Waals surface area contributed by atoms with Gasteiger partial charge in [0, 0.05) is 24.8 Å². The fourth-order valence-electron chi connectivity index (χ4n) is 2.36. The average molecular weight is 233 g/mol. The van der Waals surface area contributed by atoms with Crippen LogP contribution in [0.1, 0.15) is 32.4 Å². The second-order valence-electron chi connectivity index (χ2n) is 5.41. The van der Waals surface area contributed by atoms with Crippen molar-refractivity contribution in [3.8, 4) is 0 Å². The quantitative estimate of drug-likeness (QED) is 0.847. The number of rotatable bonds is 2. The third-order valence-electron chi connectivity index (χ3n) is 3.63. The minimum atomic E-state index is 0.255. The number of nitrogens with zero attached hydrogens (tertiary/aromatic N) is 2. The van der Waals surface area contributed by atoms with Crippen LogP contribution in [0.3, 0.4) is 0 Å². The van der Waals surface area contributed by atoms with Crippen LogP contribution in [0.25, 0.3) is 0 Å². The lowest BCUT2D eigenvalue weighted by Crippen LogP contribution is -2.48. The van der Waals surface area contributed by atoms with Crippen LogP contribution in [0.2, 0.25) is 0 Å². The van der Waals surface area contributed by atoms with E-state index in [0.29, 0.717) is 0 Å². The SMILES string of the molecule is CC1(C)CCNCCCN1Cc1ccccn1. The molecule has 2 heterocycles. The molecule has 3 heteroatoms. The summed E-state index contributed by atoms with van der Waals surface area (Å²) in [5.41, 5.74) is 1.43. The van der Waals surface area contributed by atoms with Gasteiger partial charge < -0.3 is 5.32 Å². The Hall–Kier alpha value is -0.930. The lowest BCUT2D eigenvalue weighted by atomic mass is 9.96. The van der Waals surface area contributed by atoms with Gasteiger partial charge in [-0.25, -0.2) is 0 Å². The molecule has 0 aromatic carbocycles. The minimum Gasteiger partial charge on any atom is -0.317 e. The Kier molecular flexibility index (Phi) is 4.13. The Labute approximate surface area is 104 Å². The smallest absolute Gasteiger partial charge is 0.0544 e. The highest BCUT2D eigenvalue weighted by Crippen LogP contribution is 2.22. The van der Waals surface area contributed by atoms with E-state index in [1.807, 2.05) is 12.3 Å². The van der Waals surface area contributed by atoms with Gasteiger partial charge in [0.2, 0.25) is 0 Å². The van der Waals surface area contributed by atoms with E-state index in [0.717, 1.165) is 26.2 Å². The van der Waals surface area contributed by atoms with Crippen LogP contribution in [0.15, 0.2) is 24.4 Å². The number of nitrogens with one attached hydrogen (secondary N) is 1. The van der Waals surface area contributed by atoms with E-state index in [1.165, 1.54) is 18.5 Å². The number of hydrogen-bond acceptors (Lipinski definition) is 3. The van der Waals surface area contributed by atoms with Gasteiger partial charge in [-0.2, -0.15) is 0 Å². The van der Waals surface area contributed by atoms with E-state index in [9.17, 15) is 0 Å². The Morgan fingerprint density at radius 1 is 1.35 bits per heavy atom. The molecule has 17 heavy (non-hydrogen) atoms. The largest absolute Gasteiger partial charge is 0.317 e. The number of pyridine rings is 1. The summed E-state index contributed by atoms with van der Waals surface area (Å²) in [6.45, 7) is 9.04. The van der Waals surface area contributed by atoms with E-state index in [1.54, 1.807) is 0 Å². The number of aromatic nitrogens is 1. The molecular formula is C14H23N3. The summed E-state index contributed by atoms with van der Waals surface area (Å²) in [5, 5.41) is 3.48. The van der Waals surface area contributed by atoms with Crippen molar-refractivity contribution in [1.29, 1.82) is 0 Å². The Balaban J connectivity index is 2.05. The van der Waals surface area contributed by atoms with Gasteiger partial charge in [-0.1, -0.05) is 6.07 Å². The fraction of sp³-hybridized carbons (Fsp3) is 0.643. The first-order chi connectivity index (χ1) is 8.18. The summed E-state index contributed by atoms with van der Waals surface area (Å²) in [6, 6.07) is 6.17. The zero-order valence-electron chi connectivity index (χ0n) is 10.9. The van der Waals surface area contributed by atoms with Crippen LogP contribution in [0.5, 0.6) is 0 Å². The molecule has 0 radical (unpaired) electrons. The topological polar surface area (TPSA) is 28.2 Å². The summed E-state index contributed by atoms with van der Waals surface area (Å²) >= 11 is 0. The molecule has 3 nitrogen and oxygen atoms in total. The first kappa shape index (κ1) is 12.5. The summed E-state index contributed by atoms with van der Waals surface area (Å²) in [7, 11) is 0. The zero-order chi connectivity index (χ0) is 12.1. The van der Waals surface area contributed by atoms with Gasteiger partial charge in [0.1, 0.15) is 0 Å². The summed E-state index contributed by atoms with van der Waals surface area (Å²) in [6.07, 6.45) is 4.30. The third-order valence-corrected chi connectivity index (χ3v) is 3.63. The molecule has 1 saturated heterocycles. The van der Waals surface area contributed by atoms with Crippen LogP contribution in [-0.2, 0) is 6.54 Å². The first-order valence-corrected chi connectivity index (χ1v) is 6.54. The molecule has 0 atom stereocenters. The highest BCUT2D eigenvalue weighted by atomic mass is 15.2. The second kappa shape index (κ2) is 5.61. The highest BCUT2D eigenvalue weighted by molar-refractivity contribution is 5.04. The maximum Gasteiger partial charge on any atom is 0.0544 e. The highest BCUT2D eigenvalue weighted by Gasteiger charge is 2.27. The number of hydrogen-bond donors (Lipinski definition) is 1. The van der Waals surface area contributed by atoms with Crippen molar-refractivity contribution in [3.05, 3.63) is 30.1 Å². The molecule has 2 rings (SSSR count). The third kappa shape index (κ3) is 3.51. The van der Waals surface area contributed by atoms with Crippen LogP contribution in [-0.4, -0.2) is 35.1 Å². The Morgan fingerprint density at radius 2 is 2.24 bits per heavy atom. The van der Waals surface area contributed by atoms with E-state index >= 15 is 0 Å². The minimum absolute atomic E-state index is 0.255. The van der Waals surface area contributed by atoms with Crippen molar-refractivity contribution >= 4 is 0 Å². The Morgan fingerprint density at radius 3 is 3.00 bits per heavy atom. The molecule has 0 unspecified atom stereocenters. The van der Waals surface area contributed by atoms with Crippen molar-refractivity contribution in [2.75, 3.05) is 19.6 Å². The molecule has 1 fully saturated rings. The van der Waals surface area contributed by atoms with Gasteiger partial charge in [-0.15, -0.1) is 0 Å². The van der Waals surface area contributed by atoms with E-state index in [-0.39, 0.29) is 5.54 Å². The molecule has 0 spiro atoms. The zero-order valence-corrected chi connectivity index (χ0v) is 10.9. The van der Waals surface area contributed by atoms with Crippen LogP contribution in [0.4, 0.5) is 0 Å². The van der Waals surface area contributed by atoms with Crippen LogP contribution >= 0.6 is 0 Å². The molecule has 1 aromatic rings. The molecule has 0 bridgehead atoms. The van der Waals surface area contributed by atoms with Crippen molar-refractivity contribution in [2.24, 2.45) is 0 Å². The fourth-order valence-corrected chi connectivity index (χ4v) is 2.36. The van der Waals surface area contributed by atoms with E-state index in [4.69, 9.17) is 0 Å². The van der Waals surface area contributed by atoms with Gasteiger partial charge in [0.15, 0.2) is 0 Å². The molecule has 1 aromatic heterocycles. The van der Waals surface area contributed by atoms with Crippen molar-refractivity contribution in [2.45, 2.75) is 38.8 Å². The normalized spacial score (nSPS) is 21.8. The van der Waals surface area contributed by atoms with Gasteiger partial charge in [-0.05, 0) is 51.9 Å². The maximum atomic E-state index is 4.44. The van der Waals surface area contributed by atoms with Gasteiger partial charge in [0.05, 0.1) is 5.69 Å². The van der Waals surface area contributed by atoms with E-state index in [2.05, 4.69) is 41.2 Å².